The van der Waals surface area contributed by atoms with Crippen molar-refractivity contribution in [2.75, 3.05) is 18.5 Å². The summed E-state index contributed by atoms with van der Waals surface area (Å²) in [4.78, 5) is 27.7. The Morgan fingerprint density at radius 2 is 1.92 bits per heavy atom. The number of anilines is 1. The van der Waals surface area contributed by atoms with E-state index in [1.54, 1.807) is 36.4 Å². The predicted molar refractivity (Wildman–Crippen MR) is 99.6 cm³/mol. The van der Waals surface area contributed by atoms with Crippen LogP contribution in [0.4, 0.5) is 5.69 Å². The van der Waals surface area contributed by atoms with Gasteiger partial charge < -0.3 is 14.8 Å². The number of rotatable bonds is 8. The molecule has 0 unspecified atom stereocenters. The van der Waals surface area contributed by atoms with Crippen molar-refractivity contribution >= 4 is 29.2 Å². The van der Waals surface area contributed by atoms with E-state index in [4.69, 9.17) is 21.1 Å². The van der Waals surface area contributed by atoms with Gasteiger partial charge in [-0.15, -0.1) is 0 Å². The number of aromatic nitrogens is 1. The number of amides is 1. The number of hydrogen-bond donors (Lipinski definition) is 1. The lowest BCUT2D eigenvalue weighted by Crippen LogP contribution is -2.21. The Morgan fingerprint density at radius 3 is 2.58 bits per heavy atom. The lowest BCUT2D eigenvalue weighted by atomic mass is 10.1. The number of ether oxygens (including phenoxy) is 2. The predicted octanol–water partition coefficient (Wildman–Crippen LogP) is 3.96. The largest absolute Gasteiger partial charge is 0.494 e. The third kappa shape index (κ3) is 6.37. The highest BCUT2D eigenvalue weighted by atomic mass is 35.5. The number of hydrogen-bond acceptors (Lipinski definition) is 5. The quantitative estimate of drug-likeness (QED) is 0.557. The van der Waals surface area contributed by atoms with Crippen LogP contribution in [0.2, 0.25) is 5.15 Å². The third-order valence-electron chi connectivity index (χ3n) is 3.42. The number of nitrogens with one attached hydrogen (secondary N) is 1. The fraction of sp³-hybridized carbons (Fsp3) is 0.316. The molecule has 7 heteroatoms. The summed E-state index contributed by atoms with van der Waals surface area (Å²) in [7, 11) is 0. The number of esters is 1. The zero-order chi connectivity index (χ0) is 18.9. The van der Waals surface area contributed by atoms with Crippen LogP contribution in [-0.2, 0) is 9.53 Å². The van der Waals surface area contributed by atoms with Crippen molar-refractivity contribution in [1.29, 1.82) is 0 Å². The molecule has 0 bridgehead atoms. The van der Waals surface area contributed by atoms with Crippen molar-refractivity contribution in [2.45, 2.75) is 20.3 Å². The van der Waals surface area contributed by atoms with Crippen molar-refractivity contribution in [3.63, 3.8) is 0 Å². The summed E-state index contributed by atoms with van der Waals surface area (Å²) in [6.07, 6.45) is 2.47. The van der Waals surface area contributed by atoms with Gasteiger partial charge >= 0.3 is 5.97 Å². The second-order valence-electron chi connectivity index (χ2n) is 6.02. The van der Waals surface area contributed by atoms with Crippen LogP contribution in [0.25, 0.3) is 0 Å². The molecule has 1 amide bonds. The van der Waals surface area contributed by atoms with Crippen LogP contribution in [0.5, 0.6) is 5.75 Å². The standard InChI is InChI=1S/C19H21ClN2O4/c1-13(2)9-11-25-15-7-5-14(6-8-15)19(24)26-12-17(23)22-16-4-3-10-21-18(16)20/h3-8,10,13H,9,11-12H2,1-2H3,(H,22,23). The fourth-order valence-electron chi connectivity index (χ4n) is 1.98. The summed E-state index contributed by atoms with van der Waals surface area (Å²) < 4.78 is 10.6. The molecule has 2 rings (SSSR count). The number of halogens is 1. The fourth-order valence-corrected chi connectivity index (χ4v) is 2.15. The van der Waals surface area contributed by atoms with Crippen LogP contribution in [0.15, 0.2) is 42.6 Å². The second-order valence-corrected chi connectivity index (χ2v) is 6.38. The Labute approximate surface area is 157 Å². The van der Waals surface area contributed by atoms with Gasteiger partial charge in [0.15, 0.2) is 11.8 Å². The summed E-state index contributed by atoms with van der Waals surface area (Å²) >= 11 is 5.85. The van der Waals surface area contributed by atoms with Gasteiger partial charge in [0.1, 0.15) is 5.75 Å². The number of carbonyl (C=O) groups is 2. The second kappa shape index (κ2) is 9.77. The lowest BCUT2D eigenvalue weighted by molar-refractivity contribution is -0.119. The molecule has 6 nitrogen and oxygen atoms in total. The zero-order valence-electron chi connectivity index (χ0n) is 14.7. The molecule has 138 valence electrons. The number of pyridine rings is 1. The van der Waals surface area contributed by atoms with Gasteiger partial charge in [-0.1, -0.05) is 25.4 Å². The maximum Gasteiger partial charge on any atom is 0.338 e. The monoisotopic (exact) mass is 376 g/mol. The molecule has 0 fully saturated rings. The average Bonchev–Trinajstić information content (AvgIpc) is 2.62. The molecular weight excluding hydrogens is 356 g/mol. The van der Waals surface area contributed by atoms with E-state index in [2.05, 4.69) is 24.1 Å². The molecule has 1 heterocycles. The van der Waals surface area contributed by atoms with Crippen molar-refractivity contribution < 1.29 is 19.1 Å². The number of carbonyl (C=O) groups excluding carboxylic acids is 2. The van der Waals surface area contributed by atoms with Crippen molar-refractivity contribution in [3.8, 4) is 5.75 Å². The first-order valence-electron chi connectivity index (χ1n) is 8.26. The molecule has 0 aliphatic rings. The topological polar surface area (TPSA) is 77.5 Å². The van der Waals surface area contributed by atoms with Crippen molar-refractivity contribution in [1.82, 2.24) is 4.98 Å². The van der Waals surface area contributed by atoms with Crippen LogP contribution in [0, 0.1) is 5.92 Å². The van der Waals surface area contributed by atoms with Gasteiger partial charge in [0, 0.05) is 6.20 Å². The molecule has 0 atom stereocenters. The smallest absolute Gasteiger partial charge is 0.338 e. The van der Waals surface area contributed by atoms with Gasteiger partial charge in [-0.3, -0.25) is 4.79 Å². The number of benzene rings is 1. The summed E-state index contributed by atoms with van der Waals surface area (Å²) in [6, 6.07) is 9.84. The molecule has 0 saturated carbocycles. The summed E-state index contributed by atoms with van der Waals surface area (Å²) in [6.45, 7) is 4.46. The highest BCUT2D eigenvalue weighted by molar-refractivity contribution is 6.32. The molecule has 0 spiro atoms. The normalized spacial score (nSPS) is 10.5. The first-order valence-corrected chi connectivity index (χ1v) is 8.64. The summed E-state index contributed by atoms with van der Waals surface area (Å²) in [5.41, 5.74) is 0.700. The lowest BCUT2D eigenvalue weighted by Gasteiger charge is -2.09. The molecule has 2 aromatic rings. The molecule has 0 aliphatic heterocycles. The Balaban J connectivity index is 1.80. The van der Waals surface area contributed by atoms with Gasteiger partial charge in [-0.05, 0) is 48.7 Å². The SMILES string of the molecule is CC(C)CCOc1ccc(C(=O)OCC(=O)Nc2cccnc2Cl)cc1. The van der Waals surface area contributed by atoms with Crippen LogP contribution in [0.3, 0.4) is 0 Å². The minimum atomic E-state index is -0.592. The minimum absolute atomic E-state index is 0.167. The maximum atomic E-state index is 12.0. The van der Waals surface area contributed by atoms with Crippen LogP contribution < -0.4 is 10.1 Å². The van der Waals surface area contributed by atoms with E-state index in [1.807, 2.05) is 0 Å². The molecule has 1 aromatic carbocycles. The van der Waals surface area contributed by atoms with Crippen LogP contribution in [0.1, 0.15) is 30.6 Å². The molecular formula is C19H21ClN2O4. The highest BCUT2D eigenvalue weighted by Crippen LogP contribution is 2.17. The van der Waals surface area contributed by atoms with Crippen molar-refractivity contribution in [3.05, 3.63) is 53.3 Å². The number of nitrogens with zero attached hydrogens (tertiary/aromatic N) is 1. The van der Waals surface area contributed by atoms with Gasteiger partial charge in [-0.25, -0.2) is 9.78 Å². The Hall–Kier alpha value is -2.60. The Bertz CT molecular complexity index is 747. The van der Waals surface area contributed by atoms with Crippen LogP contribution in [-0.4, -0.2) is 30.1 Å². The Kier molecular flexibility index (Phi) is 7.41. The molecule has 26 heavy (non-hydrogen) atoms. The van der Waals surface area contributed by atoms with E-state index >= 15 is 0 Å². The minimum Gasteiger partial charge on any atom is -0.494 e. The van der Waals surface area contributed by atoms with E-state index in [-0.39, 0.29) is 5.15 Å². The highest BCUT2D eigenvalue weighted by Gasteiger charge is 2.12. The third-order valence-corrected chi connectivity index (χ3v) is 3.72. The molecule has 1 aromatic heterocycles. The Morgan fingerprint density at radius 1 is 1.19 bits per heavy atom. The summed E-state index contributed by atoms with van der Waals surface area (Å²) in [5, 5.41) is 2.69. The zero-order valence-corrected chi connectivity index (χ0v) is 15.5. The van der Waals surface area contributed by atoms with Gasteiger partial charge in [0.2, 0.25) is 0 Å². The first kappa shape index (κ1) is 19.7. The van der Waals surface area contributed by atoms with Crippen LogP contribution >= 0.6 is 11.6 Å². The maximum absolute atomic E-state index is 12.0. The van der Waals surface area contributed by atoms with E-state index in [1.165, 1.54) is 6.20 Å². The van der Waals surface area contributed by atoms with Gasteiger partial charge in [0.05, 0.1) is 17.9 Å². The first-order chi connectivity index (χ1) is 12.5. The van der Waals surface area contributed by atoms with E-state index in [9.17, 15) is 9.59 Å². The average molecular weight is 377 g/mol. The van der Waals surface area contributed by atoms with Crippen molar-refractivity contribution in [2.24, 2.45) is 5.92 Å². The molecule has 0 aliphatic carbocycles. The summed E-state index contributed by atoms with van der Waals surface area (Å²) in [5.74, 6) is 0.163. The van der Waals surface area contributed by atoms with Gasteiger partial charge in [-0.2, -0.15) is 0 Å². The molecule has 1 N–H and O–H groups in total. The van der Waals surface area contributed by atoms with Gasteiger partial charge in [0.25, 0.3) is 5.91 Å². The van der Waals surface area contributed by atoms with E-state index < -0.39 is 18.5 Å². The molecule has 0 radical (unpaired) electrons. The molecule has 0 saturated heterocycles. The van der Waals surface area contributed by atoms with E-state index in [0.29, 0.717) is 29.5 Å². The van der Waals surface area contributed by atoms with E-state index in [0.717, 1.165) is 6.42 Å².